The number of hydrogen-bond donors (Lipinski definition) is 2. The molecular formula is C8H11N3O. The summed E-state index contributed by atoms with van der Waals surface area (Å²) in [4.78, 5) is 14.8. The summed E-state index contributed by atoms with van der Waals surface area (Å²) in [6.45, 7) is 1.93. The van der Waals surface area contributed by atoms with Crippen LogP contribution in [0.3, 0.4) is 0 Å². The minimum atomic E-state index is -0.206. The van der Waals surface area contributed by atoms with Gasteiger partial charge < -0.3 is 0 Å². The van der Waals surface area contributed by atoms with Crippen LogP contribution in [0.15, 0.2) is 18.5 Å². The van der Waals surface area contributed by atoms with Crippen molar-refractivity contribution >= 4 is 5.91 Å². The summed E-state index contributed by atoms with van der Waals surface area (Å²) in [7, 11) is 0. The predicted molar refractivity (Wildman–Crippen MR) is 45.0 cm³/mol. The fraction of sp³-hybridized carbons (Fsp3) is 0.250. The Balaban J connectivity index is 2.69. The van der Waals surface area contributed by atoms with Crippen LogP contribution < -0.4 is 11.3 Å². The molecule has 4 heteroatoms. The summed E-state index contributed by atoms with van der Waals surface area (Å²) in [5, 5.41) is 0. The largest absolute Gasteiger partial charge is 0.294 e. The van der Waals surface area contributed by atoms with Crippen LogP contribution in [0, 0.1) is 6.92 Å². The third-order valence-electron chi connectivity index (χ3n) is 1.46. The Hall–Kier alpha value is -1.42. The number of carbonyl (C=O) groups excluding carboxylic acids is 1. The van der Waals surface area contributed by atoms with E-state index in [0.29, 0.717) is 0 Å². The summed E-state index contributed by atoms with van der Waals surface area (Å²) in [5.41, 5.74) is 3.98. The van der Waals surface area contributed by atoms with Gasteiger partial charge in [-0.15, -0.1) is 0 Å². The van der Waals surface area contributed by atoms with Crippen LogP contribution in [0.2, 0.25) is 0 Å². The van der Waals surface area contributed by atoms with Crippen molar-refractivity contribution in [2.45, 2.75) is 13.3 Å². The first-order valence-corrected chi connectivity index (χ1v) is 3.62. The summed E-state index contributed by atoms with van der Waals surface area (Å²) >= 11 is 0. The Labute approximate surface area is 70.8 Å². The Kier molecular flexibility index (Phi) is 2.76. The highest BCUT2D eigenvalue weighted by Crippen LogP contribution is 2.01. The molecule has 0 bridgehead atoms. The molecule has 1 aromatic rings. The number of hydrazine groups is 1. The van der Waals surface area contributed by atoms with Gasteiger partial charge in [0, 0.05) is 12.4 Å². The maximum absolute atomic E-state index is 10.8. The van der Waals surface area contributed by atoms with Gasteiger partial charge in [0.15, 0.2) is 0 Å². The second-order valence-electron chi connectivity index (χ2n) is 2.61. The van der Waals surface area contributed by atoms with E-state index in [1.807, 2.05) is 13.0 Å². The summed E-state index contributed by atoms with van der Waals surface area (Å²) in [5.74, 6) is 4.73. The Morgan fingerprint density at radius 2 is 2.42 bits per heavy atom. The molecule has 0 saturated carbocycles. The normalized spacial score (nSPS) is 9.50. The molecule has 0 fully saturated rings. The zero-order valence-corrected chi connectivity index (χ0v) is 6.87. The van der Waals surface area contributed by atoms with Crippen molar-refractivity contribution in [1.82, 2.24) is 10.4 Å². The van der Waals surface area contributed by atoms with Crippen LogP contribution in [-0.4, -0.2) is 10.9 Å². The number of carbonyl (C=O) groups is 1. The first-order chi connectivity index (χ1) is 5.72. The van der Waals surface area contributed by atoms with Crippen LogP contribution in [0.4, 0.5) is 0 Å². The second-order valence-corrected chi connectivity index (χ2v) is 2.61. The monoisotopic (exact) mass is 165 g/mol. The lowest BCUT2D eigenvalue weighted by Crippen LogP contribution is -2.31. The SMILES string of the molecule is Cc1cncc(CC(=O)NN)c1. The van der Waals surface area contributed by atoms with Crippen LogP contribution in [0.25, 0.3) is 0 Å². The minimum Gasteiger partial charge on any atom is -0.294 e. The molecule has 1 amide bonds. The number of aromatic nitrogens is 1. The molecular weight excluding hydrogens is 154 g/mol. The number of pyridine rings is 1. The minimum absolute atomic E-state index is 0.206. The third kappa shape index (κ3) is 2.32. The molecule has 0 radical (unpaired) electrons. The van der Waals surface area contributed by atoms with Crippen molar-refractivity contribution in [3.8, 4) is 0 Å². The molecule has 0 atom stereocenters. The van der Waals surface area contributed by atoms with Gasteiger partial charge in [-0.2, -0.15) is 0 Å². The Morgan fingerprint density at radius 3 is 3.00 bits per heavy atom. The average Bonchev–Trinajstić information content (AvgIpc) is 2.04. The number of amides is 1. The predicted octanol–water partition coefficient (Wildman–Crippen LogP) is -0.0776. The van der Waals surface area contributed by atoms with Crippen molar-refractivity contribution in [3.05, 3.63) is 29.6 Å². The molecule has 12 heavy (non-hydrogen) atoms. The van der Waals surface area contributed by atoms with Crippen molar-refractivity contribution < 1.29 is 4.79 Å². The number of nitrogens with two attached hydrogens (primary N) is 1. The standard InChI is InChI=1S/C8H11N3O/c1-6-2-7(5-10-4-6)3-8(12)11-9/h2,4-5H,3,9H2,1H3,(H,11,12). The highest BCUT2D eigenvalue weighted by Gasteiger charge is 2.00. The van der Waals surface area contributed by atoms with E-state index >= 15 is 0 Å². The van der Waals surface area contributed by atoms with E-state index in [9.17, 15) is 4.79 Å². The number of aryl methyl sites for hydroxylation is 1. The number of hydrogen-bond acceptors (Lipinski definition) is 3. The van der Waals surface area contributed by atoms with Crippen molar-refractivity contribution in [2.24, 2.45) is 5.84 Å². The quantitative estimate of drug-likeness (QED) is 0.366. The highest BCUT2D eigenvalue weighted by atomic mass is 16.2. The van der Waals surface area contributed by atoms with E-state index in [-0.39, 0.29) is 12.3 Å². The van der Waals surface area contributed by atoms with Gasteiger partial charge in [0.1, 0.15) is 0 Å². The van der Waals surface area contributed by atoms with E-state index in [2.05, 4.69) is 10.4 Å². The lowest BCUT2D eigenvalue weighted by atomic mass is 10.1. The molecule has 64 valence electrons. The summed E-state index contributed by atoms with van der Waals surface area (Å²) in [6, 6.07) is 1.90. The molecule has 0 saturated heterocycles. The molecule has 0 aromatic carbocycles. The molecule has 0 aliphatic rings. The van der Waals surface area contributed by atoms with E-state index in [1.165, 1.54) is 0 Å². The number of nitrogens with one attached hydrogen (secondary N) is 1. The molecule has 0 unspecified atom stereocenters. The first kappa shape index (κ1) is 8.67. The van der Waals surface area contributed by atoms with Crippen molar-refractivity contribution in [2.75, 3.05) is 0 Å². The van der Waals surface area contributed by atoms with Crippen LogP contribution in [-0.2, 0) is 11.2 Å². The van der Waals surface area contributed by atoms with Gasteiger partial charge in [-0.25, -0.2) is 5.84 Å². The number of nitrogens with zero attached hydrogens (tertiary/aromatic N) is 1. The Morgan fingerprint density at radius 1 is 1.67 bits per heavy atom. The van der Waals surface area contributed by atoms with Crippen molar-refractivity contribution in [3.63, 3.8) is 0 Å². The van der Waals surface area contributed by atoms with Crippen LogP contribution in [0.1, 0.15) is 11.1 Å². The molecule has 0 spiro atoms. The van der Waals surface area contributed by atoms with Crippen LogP contribution in [0.5, 0.6) is 0 Å². The maximum Gasteiger partial charge on any atom is 0.238 e. The molecule has 1 aromatic heterocycles. The fourth-order valence-electron chi connectivity index (χ4n) is 0.951. The van der Waals surface area contributed by atoms with E-state index < -0.39 is 0 Å². The maximum atomic E-state index is 10.8. The molecule has 0 aliphatic carbocycles. The summed E-state index contributed by atoms with van der Waals surface area (Å²) in [6.07, 6.45) is 3.68. The van der Waals surface area contributed by atoms with Gasteiger partial charge in [0.25, 0.3) is 0 Å². The lowest BCUT2D eigenvalue weighted by molar-refractivity contribution is -0.120. The van der Waals surface area contributed by atoms with E-state index in [0.717, 1.165) is 11.1 Å². The molecule has 3 N–H and O–H groups in total. The van der Waals surface area contributed by atoms with Crippen LogP contribution >= 0.6 is 0 Å². The lowest BCUT2D eigenvalue weighted by Gasteiger charge is -1.99. The zero-order valence-electron chi connectivity index (χ0n) is 6.87. The molecule has 1 heterocycles. The fourth-order valence-corrected chi connectivity index (χ4v) is 0.951. The molecule has 0 aliphatic heterocycles. The molecule has 4 nitrogen and oxygen atoms in total. The van der Waals surface area contributed by atoms with E-state index in [4.69, 9.17) is 5.84 Å². The topological polar surface area (TPSA) is 68.0 Å². The van der Waals surface area contributed by atoms with E-state index in [1.54, 1.807) is 12.4 Å². The molecule has 1 rings (SSSR count). The van der Waals surface area contributed by atoms with Crippen molar-refractivity contribution in [1.29, 1.82) is 0 Å². The Bertz CT molecular complexity index is 285. The highest BCUT2D eigenvalue weighted by molar-refractivity contribution is 5.77. The smallest absolute Gasteiger partial charge is 0.238 e. The van der Waals surface area contributed by atoms with Gasteiger partial charge in [-0.05, 0) is 18.1 Å². The first-order valence-electron chi connectivity index (χ1n) is 3.62. The zero-order chi connectivity index (χ0) is 8.97. The second kappa shape index (κ2) is 3.82. The van der Waals surface area contributed by atoms with Gasteiger partial charge in [-0.3, -0.25) is 15.2 Å². The van der Waals surface area contributed by atoms with Gasteiger partial charge in [0.05, 0.1) is 6.42 Å². The van der Waals surface area contributed by atoms with Gasteiger partial charge in [-0.1, -0.05) is 6.07 Å². The third-order valence-corrected chi connectivity index (χ3v) is 1.46. The average molecular weight is 165 g/mol. The number of rotatable bonds is 2. The summed E-state index contributed by atoms with van der Waals surface area (Å²) < 4.78 is 0. The van der Waals surface area contributed by atoms with Gasteiger partial charge >= 0.3 is 0 Å². The van der Waals surface area contributed by atoms with Gasteiger partial charge in [0.2, 0.25) is 5.91 Å².